The third kappa shape index (κ3) is 2.27. The number of aromatic nitrogens is 3. The standard InChI is InChI=1S/C19H14ClN3O2/c1-22-16(13-5-6-17-18(8-13)25-11-24-17)10-23-9-15(21-19(22)23)12-3-2-4-14(20)7-12/h2-10H,11H2,1H3. The van der Waals surface area contributed by atoms with Crippen molar-refractivity contribution in [2.45, 2.75) is 0 Å². The molecule has 0 unspecified atom stereocenters. The van der Waals surface area contributed by atoms with Crippen molar-refractivity contribution in [1.29, 1.82) is 0 Å². The molecule has 1 aliphatic rings. The molecule has 0 fully saturated rings. The first-order chi connectivity index (χ1) is 12.2. The van der Waals surface area contributed by atoms with E-state index in [1.807, 2.05) is 60.1 Å². The molecule has 1 aliphatic heterocycles. The predicted octanol–water partition coefficient (Wildman–Crippen LogP) is 4.39. The molecule has 0 bridgehead atoms. The molecule has 6 heteroatoms. The number of halogens is 1. The van der Waals surface area contributed by atoms with E-state index < -0.39 is 0 Å². The lowest BCUT2D eigenvalue weighted by molar-refractivity contribution is 0.174. The monoisotopic (exact) mass is 351 g/mol. The molecular weight excluding hydrogens is 338 g/mol. The van der Waals surface area contributed by atoms with Crippen LogP contribution in [0.15, 0.2) is 54.9 Å². The molecule has 5 nitrogen and oxygen atoms in total. The Bertz CT molecular complexity index is 1110. The Balaban J connectivity index is 1.60. The Morgan fingerprint density at radius 2 is 1.88 bits per heavy atom. The molecule has 0 aliphatic carbocycles. The normalized spacial score (nSPS) is 12.9. The highest BCUT2D eigenvalue weighted by Gasteiger charge is 2.17. The van der Waals surface area contributed by atoms with Gasteiger partial charge in [-0.2, -0.15) is 0 Å². The van der Waals surface area contributed by atoms with E-state index in [0.717, 1.165) is 39.8 Å². The average Bonchev–Trinajstić information content (AvgIpc) is 3.30. The Hall–Kier alpha value is -2.92. The molecule has 25 heavy (non-hydrogen) atoms. The maximum absolute atomic E-state index is 6.09. The lowest BCUT2D eigenvalue weighted by atomic mass is 10.1. The Morgan fingerprint density at radius 1 is 1.00 bits per heavy atom. The van der Waals surface area contributed by atoms with Crippen LogP contribution in [0, 0.1) is 0 Å². The van der Waals surface area contributed by atoms with Gasteiger partial charge in [0, 0.05) is 35.6 Å². The van der Waals surface area contributed by atoms with Crippen molar-refractivity contribution in [3.05, 3.63) is 59.9 Å². The van der Waals surface area contributed by atoms with Gasteiger partial charge in [-0.15, -0.1) is 0 Å². The molecule has 3 heterocycles. The minimum Gasteiger partial charge on any atom is -0.454 e. The van der Waals surface area contributed by atoms with Crippen LogP contribution in [0.3, 0.4) is 0 Å². The molecular formula is C19H14ClN3O2. The number of nitrogens with zero attached hydrogens (tertiary/aromatic N) is 3. The molecule has 0 saturated carbocycles. The summed E-state index contributed by atoms with van der Waals surface area (Å²) in [5.74, 6) is 2.42. The summed E-state index contributed by atoms with van der Waals surface area (Å²) in [6, 6.07) is 13.7. The number of ether oxygens (including phenoxy) is 2. The van der Waals surface area contributed by atoms with Crippen molar-refractivity contribution in [1.82, 2.24) is 14.0 Å². The lowest BCUT2D eigenvalue weighted by Crippen LogP contribution is -1.93. The Morgan fingerprint density at radius 3 is 2.72 bits per heavy atom. The quantitative estimate of drug-likeness (QED) is 0.538. The number of fused-ring (bicyclic) bond motifs is 2. The van der Waals surface area contributed by atoms with Gasteiger partial charge in [0.25, 0.3) is 0 Å². The molecule has 0 saturated heterocycles. The molecule has 2 aromatic carbocycles. The Labute approximate surface area is 149 Å². The highest BCUT2D eigenvalue weighted by atomic mass is 35.5. The van der Waals surface area contributed by atoms with Crippen molar-refractivity contribution in [2.75, 3.05) is 6.79 Å². The predicted molar refractivity (Wildman–Crippen MR) is 96.2 cm³/mol. The molecule has 0 atom stereocenters. The van der Waals surface area contributed by atoms with Crippen molar-refractivity contribution in [3.63, 3.8) is 0 Å². The fraction of sp³-hybridized carbons (Fsp3) is 0.105. The van der Waals surface area contributed by atoms with Crippen LogP contribution in [0.4, 0.5) is 0 Å². The van der Waals surface area contributed by atoms with E-state index in [-0.39, 0.29) is 6.79 Å². The fourth-order valence-electron chi connectivity index (χ4n) is 3.16. The van der Waals surface area contributed by atoms with Gasteiger partial charge in [-0.1, -0.05) is 23.7 Å². The summed E-state index contributed by atoms with van der Waals surface area (Å²) in [6.45, 7) is 0.276. The molecule has 124 valence electrons. The van der Waals surface area contributed by atoms with Crippen LogP contribution in [0.1, 0.15) is 0 Å². The van der Waals surface area contributed by atoms with E-state index in [2.05, 4.69) is 10.8 Å². The van der Waals surface area contributed by atoms with Gasteiger partial charge >= 0.3 is 0 Å². The van der Waals surface area contributed by atoms with Gasteiger partial charge in [0.15, 0.2) is 11.5 Å². The van der Waals surface area contributed by atoms with E-state index in [1.54, 1.807) is 0 Å². The molecule has 0 radical (unpaired) electrons. The zero-order chi connectivity index (χ0) is 17.0. The van der Waals surface area contributed by atoms with E-state index in [0.29, 0.717) is 5.02 Å². The summed E-state index contributed by atoms with van der Waals surface area (Å²) in [4.78, 5) is 4.75. The maximum atomic E-state index is 6.09. The lowest BCUT2D eigenvalue weighted by Gasteiger charge is -2.04. The van der Waals surface area contributed by atoms with Crippen molar-refractivity contribution < 1.29 is 9.47 Å². The van der Waals surface area contributed by atoms with Crippen LogP contribution in [0.2, 0.25) is 5.02 Å². The summed E-state index contributed by atoms with van der Waals surface area (Å²) < 4.78 is 14.9. The van der Waals surface area contributed by atoms with Gasteiger partial charge in [-0.3, -0.25) is 4.40 Å². The third-order valence-electron chi connectivity index (χ3n) is 4.42. The summed E-state index contributed by atoms with van der Waals surface area (Å²) in [5, 5.41) is 0.704. The number of benzene rings is 2. The number of rotatable bonds is 2. The molecule has 0 spiro atoms. The van der Waals surface area contributed by atoms with Gasteiger partial charge in [0.05, 0.1) is 11.4 Å². The van der Waals surface area contributed by atoms with Crippen LogP contribution < -0.4 is 9.47 Å². The second-order valence-corrected chi connectivity index (χ2v) is 6.42. The number of hydrogen-bond donors (Lipinski definition) is 0. The number of hydrogen-bond acceptors (Lipinski definition) is 3. The SMILES string of the molecule is Cn1c(-c2ccc3c(c2)OCO3)cn2cc(-c3cccc(Cl)c3)nc12. The molecule has 0 N–H and O–H groups in total. The van der Waals surface area contributed by atoms with E-state index in [9.17, 15) is 0 Å². The molecule has 4 aromatic rings. The molecule has 0 amide bonds. The first kappa shape index (κ1) is 14.4. The van der Waals surface area contributed by atoms with Crippen LogP contribution >= 0.6 is 11.6 Å². The average molecular weight is 352 g/mol. The van der Waals surface area contributed by atoms with E-state index >= 15 is 0 Å². The van der Waals surface area contributed by atoms with Crippen molar-refractivity contribution in [2.24, 2.45) is 7.05 Å². The minimum atomic E-state index is 0.276. The number of imidazole rings is 2. The first-order valence-electron chi connectivity index (χ1n) is 7.89. The second kappa shape index (κ2) is 5.29. The van der Waals surface area contributed by atoms with Gasteiger partial charge < -0.3 is 14.0 Å². The minimum absolute atomic E-state index is 0.276. The van der Waals surface area contributed by atoms with Crippen molar-refractivity contribution in [3.8, 4) is 34.0 Å². The fourth-order valence-corrected chi connectivity index (χ4v) is 3.35. The summed E-state index contributed by atoms with van der Waals surface area (Å²) in [5.41, 5.74) is 4.01. The summed E-state index contributed by atoms with van der Waals surface area (Å²) >= 11 is 6.09. The summed E-state index contributed by atoms with van der Waals surface area (Å²) in [6.07, 6.45) is 4.07. The highest BCUT2D eigenvalue weighted by Crippen LogP contribution is 2.36. The van der Waals surface area contributed by atoms with Crippen LogP contribution in [0.5, 0.6) is 11.5 Å². The largest absolute Gasteiger partial charge is 0.454 e. The van der Waals surface area contributed by atoms with Crippen LogP contribution in [-0.2, 0) is 7.05 Å². The smallest absolute Gasteiger partial charge is 0.231 e. The Kier molecular flexibility index (Phi) is 3.05. The van der Waals surface area contributed by atoms with E-state index in [1.165, 1.54) is 0 Å². The second-order valence-electron chi connectivity index (χ2n) is 5.99. The highest BCUT2D eigenvalue weighted by molar-refractivity contribution is 6.30. The van der Waals surface area contributed by atoms with Crippen LogP contribution in [0.25, 0.3) is 28.3 Å². The topological polar surface area (TPSA) is 40.7 Å². The van der Waals surface area contributed by atoms with Gasteiger partial charge in [0.1, 0.15) is 0 Å². The van der Waals surface area contributed by atoms with Crippen LogP contribution in [-0.4, -0.2) is 20.7 Å². The zero-order valence-corrected chi connectivity index (χ0v) is 14.2. The first-order valence-corrected chi connectivity index (χ1v) is 8.27. The van der Waals surface area contributed by atoms with Gasteiger partial charge in [-0.25, -0.2) is 4.98 Å². The third-order valence-corrected chi connectivity index (χ3v) is 4.66. The van der Waals surface area contributed by atoms with E-state index in [4.69, 9.17) is 26.1 Å². The number of aryl methyl sites for hydroxylation is 1. The van der Waals surface area contributed by atoms with Gasteiger partial charge in [0.2, 0.25) is 12.6 Å². The maximum Gasteiger partial charge on any atom is 0.231 e. The zero-order valence-electron chi connectivity index (χ0n) is 13.4. The molecule has 5 rings (SSSR count). The molecule has 2 aromatic heterocycles. The van der Waals surface area contributed by atoms with Gasteiger partial charge in [-0.05, 0) is 30.3 Å². The van der Waals surface area contributed by atoms with Crippen molar-refractivity contribution >= 4 is 17.4 Å². The summed E-state index contributed by atoms with van der Waals surface area (Å²) in [7, 11) is 2.00.